The second kappa shape index (κ2) is 53.3. The highest BCUT2D eigenvalue weighted by molar-refractivity contribution is 7.45. The molecule has 1 amide bonds. The molecule has 2 N–H and O–H groups in total. The fourth-order valence-electron chi connectivity index (χ4n) is 8.28. The first-order valence-corrected chi connectivity index (χ1v) is 31.0. The minimum atomic E-state index is -4.60. The average molecular weight is 1030 g/mol. The van der Waals surface area contributed by atoms with Gasteiger partial charge in [0.1, 0.15) is 13.2 Å². The first kappa shape index (κ1) is 69.4. The Bertz CT molecular complexity index is 1490. The summed E-state index contributed by atoms with van der Waals surface area (Å²) in [6.07, 6.45) is 77.0. The van der Waals surface area contributed by atoms with Crippen LogP contribution in [0, 0.1) is 0 Å². The van der Waals surface area contributed by atoms with Gasteiger partial charge in [-0.05, 0) is 84.0 Å². The van der Waals surface area contributed by atoms with E-state index in [1.807, 2.05) is 40.2 Å². The topological polar surface area (TPSA) is 108 Å². The molecule has 0 aliphatic carbocycles. The molecule has 0 bridgehead atoms. The first-order valence-electron chi connectivity index (χ1n) is 29.6. The Morgan fingerprint density at radius 2 is 0.875 bits per heavy atom. The molecular formula is C63H113N2O6P. The van der Waals surface area contributed by atoms with Crippen molar-refractivity contribution in [1.29, 1.82) is 0 Å². The van der Waals surface area contributed by atoms with Crippen LogP contribution in [0.15, 0.2) is 97.2 Å². The van der Waals surface area contributed by atoms with Crippen LogP contribution in [0.25, 0.3) is 0 Å². The lowest BCUT2D eigenvalue weighted by Gasteiger charge is -2.29. The van der Waals surface area contributed by atoms with Crippen LogP contribution in [0.5, 0.6) is 0 Å². The highest BCUT2D eigenvalue weighted by Crippen LogP contribution is 2.38. The summed E-state index contributed by atoms with van der Waals surface area (Å²) in [5.41, 5.74) is 0. The van der Waals surface area contributed by atoms with Gasteiger partial charge in [-0.1, -0.05) is 252 Å². The van der Waals surface area contributed by atoms with Crippen molar-refractivity contribution >= 4 is 13.7 Å². The van der Waals surface area contributed by atoms with E-state index < -0.39 is 26.6 Å². The average Bonchev–Trinajstić information content (AvgIpc) is 3.34. The summed E-state index contributed by atoms with van der Waals surface area (Å²) in [7, 11) is 1.23. The van der Waals surface area contributed by atoms with Gasteiger partial charge in [-0.3, -0.25) is 9.36 Å². The Morgan fingerprint density at radius 1 is 0.514 bits per heavy atom. The Hall–Kier alpha value is -2.58. The summed E-state index contributed by atoms with van der Waals surface area (Å²) in [6, 6.07) is -0.909. The van der Waals surface area contributed by atoms with Crippen molar-refractivity contribution in [1.82, 2.24) is 5.32 Å². The summed E-state index contributed by atoms with van der Waals surface area (Å²) in [6.45, 7) is 4.27. The summed E-state index contributed by atoms with van der Waals surface area (Å²) < 4.78 is 23.2. The monoisotopic (exact) mass is 1020 g/mol. The van der Waals surface area contributed by atoms with Crippen molar-refractivity contribution in [2.45, 2.75) is 257 Å². The van der Waals surface area contributed by atoms with Crippen LogP contribution in [0.3, 0.4) is 0 Å². The second-order valence-electron chi connectivity index (χ2n) is 21.0. The fourth-order valence-corrected chi connectivity index (χ4v) is 9.00. The predicted molar refractivity (Wildman–Crippen MR) is 311 cm³/mol. The molecule has 0 spiro atoms. The van der Waals surface area contributed by atoms with E-state index in [2.05, 4.69) is 91.2 Å². The second-order valence-corrected chi connectivity index (χ2v) is 22.4. The van der Waals surface area contributed by atoms with Crippen molar-refractivity contribution in [2.75, 3.05) is 40.9 Å². The number of phosphoric acid groups is 1. The number of aliphatic hydroxyl groups is 1. The first-order chi connectivity index (χ1) is 35.0. The molecule has 0 aliphatic heterocycles. The predicted octanol–water partition coefficient (Wildman–Crippen LogP) is 17.6. The van der Waals surface area contributed by atoms with Crippen LogP contribution < -0.4 is 10.2 Å². The molecule has 0 heterocycles. The lowest BCUT2D eigenvalue weighted by atomic mass is 10.0. The van der Waals surface area contributed by atoms with Crippen LogP contribution in [0.2, 0.25) is 0 Å². The quantitative estimate of drug-likeness (QED) is 0.0272. The van der Waals surface area contributed by atoms with Crippen LogP contribution in [-0.2, 0) is 18.4 Å². The number of hydrogen-bond donors (Lipinski definition) is 2. The molecule has 0 aromatic heterocycles. The van der Waals surface area contributed by atoms with Gasteiger partial charge in [0.15, 0.2) is 0 Å². The van der Waals surface area contributed by atoms with Crippen molar-refractivity contribution in [2.24, 2.45) is 0 Å². The van der Waals surface area contributed by atoms with E-state index in [4.69, 9.17) is 9.05 Å². The third kappa shape index (κ3) is 55.2. The number of nitrogens with one attached hydrogen (secondary N) is 1. The van der Waals surface area contributed by atoms with Gasteiger partial charge < -0.3 is 28.8 Å². The van der Waals surface area contributed by atoms with E-state index in [1.54, 1.807) is 6.08 Å². The number of unbranched alkanes of at least 4 members (excludes halogenated alkanes) is 27. The third-order valence-corrected chi connectivity index (χ3v) is 13.8. The molecule has 8 nitrogen and oxygen atoms in total. The number of likely N-dealkylation sites (N-methyl/N-ethyl adjacent to an activating group) is 1. The zero-order valence-corrected chi connectivity index (χ0v) is 48.2. The molecule has 0 fully saturated rings. The van der Waals surface area contributed by atoms with Crippen LogP contribution in [0.1, 0.15) is 245 Å². The Kier molecular flexibility index (Phi) is 51.3. The number of quaternary nitrogens is 1. The van der Waals surface area contributed by atoms with E-state index in [0.29, 0.717) is 17.4 Å². The molecule has 0 saturated carbocycles. The van der Waals surface area contributed by atoms with Crippen molar-refractivity contribution in [3.63, 3.8) is 0 Å². The largest absolute Gasteiger partial charge is 0.756 e. The highest BCUT2D eigenvalue weighted by atomic mass is 31.2. The number of aliphatic hydroxyl groups excluding tert-OH is 1. The Labute approximate surface area is 445 Å². The van der Waals surface area contributed by atoms with Crippen molar-refractivity contribution in [3.8, 4) is 0 Å². The minimum Gasteiger partial charge on any atom is -0.756 e. The molecule has 0 radical (unpaired) electrons. The van der Waals surface area contributed by atoms with Gasteiger partial charge in [0.2, 0.25) is 5.91 Å². The van der Waals surface area contributed by atoms with Crippen LogP contribution in [0.4, 0.5) is 0 Å². The van der Waals surface area contributed by atoms with Gasteiger partial charge in [0.25, 0.3) is 7.82 Å². The summed E-state index contributed by atoms with van der Waals surface area (Å²) in [5, 5.41) is 13.7. The maximum absolute atomic E-state index is 12.9. The molecule has 3 unspecified atom stereocenters. The Morgan fingerprint density at radius 3 is 1.29 bits per heavy atom. The molecule has 9 heteroatoms. The smallest absolute Gasteiger partial charge is 0.268 e. The lowest BCUT2D eigenvalue weighted by molar-refractivity contribution is -0.870. The molecule has 72 heavy (non-hydrogen) atoms. The van der Waals surface area contributed by atoms with E-state index in [1.165, 1.54) is 148 Å². The highest BCUT2D eigenvalue weighted by Gasteiger charge is 2.23. The number of rotatable bonds is 53. The molecule has 416 valence electrons. The SMILES string of the molecule is C/C=C/CC/C=C/CC/C=C/C(O)C(COP(=O)([O-])OCC[N+](C)(C)C)NC(=O)CCCCCCCCCCCCCCCCCCCCCCCCCCC/C=C\C/C=C\C/C=C\C/C=C\C/C=C\CC. The van der Waals surface area contributed by atoms with Crippen LogP contribution in [-0.4, -0.2) is 68.5 Å². The number of nitrogens with zero attached hydrogens (tertiary/aromatic N) is 1. The molecular weight excluding hydrogens is 912 g/mol. The van der Waals surface area contributed by atoms with Gasteiger partial charge in [-0.25, -0.2) is 0 Å². The summed E-state index contributed by atoms with van der Waals surface area (Å²) in [5.74, 6) is -0.214. The number of allylic oxidation sites excluding steroid dienone is 15. The van der Waals surface area contributed by atoms with E-state index in [9.17, 15) is 19.4 Å². The maximum Gasteiger partial charge on any atom is 0.268 e. The molecule has 0 aromatic rings. The Balaban J connectivity index is 3.81. The molecule has 0 aromatic carbocycles. The third-order valence-electron chi connectivity index (χ3n) is 12.9. The van der Waals surface area contributed by atoms with Gasteiger partial charge >= 0.3 is 0 Å². The molecule has 0 rings (SSSR count). The normalized spacial score (nSPS) is 14.6. The van der Waals surface area contributed by atoms with E-state index in [0.717, 1.165) is 77.0 Å². The lowest BCUT2D eigenvalue weighted by Crippen LogP contribution is -2.45. The van der Waals surface area contributed by atoms with E-state index in [-0.39, 0.29) is 12.5 Å². The minimum absolute atomic E-state index is 0.0110. The summed E-state index contributed by atoms with van der Waals surface area (Å²) in [4.78, 5) is 25.3. The maximum atomic E-state index is 12.9. The zero-order chi connectivity index (χ0) is 52.7. The van der Waals surface area contributed by atoms with Gasteiger partial charge in [-0.2, -0.15) is 0 Å². The van der Waals surface area contributed by atoms with Crippen LogP contribution >= 0.6 is 7.82 Å². The number of phosphoric ester groups is 1. The van der Waals surface area contributed by atoms with Crippen molar-refractivity contribution in [3.05, 3.63) is 97.2 Å². The number of hydrogen-bond acceptors (Lipinski definition) is 6. The number of carbonyl (C=O) groups excluding carboxylic acids is 1. The molecule has 3 atom stereocenters. The number of carbonyl (C=O) groups is 1. The van der Waals surface area contributed by atoms with Gasteiger partial charge in [0.05, 0.1) is 39.9 Å². The standard InChI is InChI=1S/C63H113N2O6P/c1-6-8-10-12-14-16-17-18-19-20-21-22-23-24-25-26-27-28-29-30-31-32-33-34-35-36-37-38-39-40-41-42-43-44-45-46-47-49-51-53-55-57-63(67)64-61(60-71-72(68,69)70-59-58-65(3,4)5)62(66)56-54-52-50-48-15-13-11-9-7-2/h7-10,14-16,18-19,21-22,24-25,48,54,56,61-62,66H,6,11-13,17,20,23,26-47,49-53,55,57-60H2,1-5H3,(H-,64,67,68,69)/b9-7+,10-8-,16-14-,19-18-,22-21-,25-24-,48-15+,56-54+. The zero-order valence-electron chi connectivity index (χ0n) is 47.4. The molecule has 0 aliphatic rings. The van der Waals surface area contributed by atoms with Gasteiger partial charge in [0, 0.05) is 6.42 Å². The molecule has 0 saturated heterocycles. The van der Waals surface area contributed by atoms with Crippen molar-refractivity contribution < 1.29 is 32.9 Å². The number of amides is 1. The van der Waals surface area contributed by atoms with Gasteiger partial charge in [-0.15, -0.1) is 0 Å². The fraction of sp³-hybridized carbons (Fsp3) is 0.730. The summed E-state index contributed by atoms with van der Waals surface area (Å²) >= 11 is 0. The van der Waals surface area contributed by atoms with E-state index >= 15 is 0 Å².